The zero-order valence-electron chi connectivity index (χ0n) is 8.72. The van der Waals surface area contributed by atoms with Gasteiger partial charge in [0.25, 0.3) is 0 Å². The molecule has 88 valence electrons. The van der Waals surface area contributed by atoms with E-state index < -0.39 is 12.7 Å². The van der Waals surface area contributed by atoms with E-state index in [4.69, 9.17) is 5.73 Å². The van der Waals surface area contributed by atoms with Gasteiger partial charge in [-0.15, -0.1) is 0 Å². The summed E-state index contributed by atoms with van der Waals surface area (Å²) in [5.41, 5.74) is 8.26. The van der Waals surface area contributed by atoms with Crippen molar-refractivity contribution in [1.82, 2.24) is 4.90 Å². The first-order chi connectivity index (χ1) is 7.46. The lowest BCUT2D eigenvalue weighted by atomic mass is 9.98. The molecule has 0 saturated heterocycles. The smallest absolute Gasteiger partial charge is 0.398 e. The highest BCUT2D eigenvalue weighted by Gasteiger charge is 2.32. The first kappa shape index (κ1) is 11.3. The normalized spacial score (nSPS) is 17.2. The van der Waals surface area contributed by atoms with Gasteiger partial charge in [-0.05, 0) is 23.6 Å². The Kier molecular flexibility index (Phi) is 2.80. The van der Waals surface area contributed by atoms with Crippen LogP contribution in [-0.2, 0) is 13.0 Å². The number of nitrogen functional groups attached to an aromatic ring is 1. The van der Waals surface area contributed by atoms with E-state index in [1.54, 1.807) is 6.07 Å². The second-order valence-corrected chi connectivity index (χ2v) is 4.06. The van der Waals surface area contributed by atoms with Gasteiger partial charge in [-0.1, -0.05) is 12.1 Å². The molecule has 1 heterocycles. The van der Waals surface area contributed by atoms with Gasteiger partial charge in [0.05, 0.1) is 6.54 Å². The quantitative estimate of drug-likeness (QED) is 0.749. The van der Waals surface area contributed by atoms with Crippen molar-refractivity contribution < 1.29 is 13.2 Å². The van der Waals surface area contributed by atoms with Crippen molar-refractivity contribution in [3.05, 3.63) is 29.3 Å². The van der Waals surface area contributed by atoms with E-state index in [0.29, 0.717) is 25.2 Å². The summed E-state index contributed by atoms with van der Waals surface area (Å²) in [7, 11) is 0. The third kappa shape index (κ3) is 2.47. The number of rotatable bonds is 1. The van der Waals surface area contributed by atoms with E-state index in [0.717, 1.165) is 11.1 Å². The lowest BCUT2D eigenvalue weighted by Gasteiger charge is -2.30. The fourth-order valence-electron chi connectivity index (χ4n) is 2.05. The minimum atomic E-state index is -4.14. The zero-order chi connectivity index (χ0) is 11.8. The highest BCUT2D eigenvalue weighted by Crippen LogP contribution is 2.26. The molecule has 0 saturated carbocycles. The molecule has 0 atom stereocenters. The standard InChI is InChI=1S/C11H13F3N2/c12-11(13,14)7-16-5-4-8-2-1-3-10(15)9(8)6-16/h1-3H,4-7,15H2. The van der Waals surface area contributed by atoms with E-state index in [1.807, 2.05) is 12.1 Å². The van der Waals surface area contributed by atoms with Gasteiger partial charge in [-0.2, -0.15) is 13.2 Å². The Morgan fingerprint density at radius 3 is 2.75 bits per heavy atom. The molecule has 16 heavy (non-hydrogen) atoms. The number of benzene rings is 1. The molecule has 1 aliphatic rings. The first-order valence-electron chi connectivity index (χ1n) is 5.11. The van der Waals surface area contributed by atoms with Crippen LogP contribution in [0.15, 0.2) is 18.2 Å². The molecule has 0 unspecified atom stereocenters. The van der Waals surface area contributed by atoms with Crippen molar-refractivity contribution in [3.63, 3.8) is 0 Å². The van der Waals surface area contributed by atoms with Crippen LogP contribution in [0.1, 0.15) is 11.1 Å². The molecule has 2 N–H and O–H groups in total. The third-order valence-corrected chi connectivity index (χ3v) is 2.79. The van der Waals surface area contributed by atoms with E-state index in [2.05, 4.69) is 0 Å². The molecule has 1 aliphatic heterocycles. The predicted octanol–water partition coefficient (Wildman–Crippen LogP) is 2.19. The van der Waals surface area contributed by atoms with Crippen molar-refractivity contribution in [2.75, 3.05) is 18.8 Å². The van der Waals surface area contributed by atoms with Crippen molar-refractivity contribution in [1.29, 1.82) is 0 Å². The minimum absolute atomic E-state index is 0.293. The Hall–Kier alpha value is -1.23. The summed E-state index contributed by atoms with van der Waals surface area (Å²) < 4.78 is 36.7. The maximum absolute atomic E-state index is 12.2. The highest BCUT2D eigenvalue weighted by molar-refractivity contribution is 5.51. The fraction of sp³-hybridized carbons (Fsp3) is 0.455. The van der Waals surface area contributed by atoms with Crippen LogP contribution in [0.25, 0.3) is 0 Å². The van der Waals surface area contributed by atoms with Gasteiger partial charge < -0.3 is 5.73 Å². The number of alkyl halides is 3. The second kappa shape index (κ2) is 3.97. The summed E-state index contributed by atoms with van der Waals surface area (Å²) >= 11 is 0. The number of hydrogen-bond acceptors (Lipinski definition) is 2. The molecule has 1 aromatic rings. The van der Waals surface area contributed by atoms with Crippen LogP contribution in [0.5, 0.6) is 0 Å². The summed E-state index contributed by atoms with van der Waals surface area (Å²) in [5, 5.41) is 0. The topological polar surface area (TPSA) is 29.3 Å². The number of nitrogens with two attached hydrogens (primary N) is 1. The third-order valence-electron chi connectivity index (χ3n) is 2.79. The SMILES string of the molecule is Nc1cccc2c1CN(CC(F)(F)F)CC2. The molecule has 0 aliphatic carbocycles. The molecule has 0 amide bonds. The molecule has 0 fully saturated rings. The van der Waals surface area contributed by atoms with Crippen molar-refractivity contribution in [2.24, 2.45) is 0 Å². The van der Waals surface area contributed by atoms with E-state index in [-0.39, 0.29) is 0 Å². The van der Waals surface area contributed by atoms with Gasteiger partial charge >= 0.3 is 6.18 Å². The Balaban J connectivity index is 2.14. The van der Waals surface area contributed by atoms with Gasteiger partial charge in [0.2, 0.25) is 0 Å². The molecular formula is C11H13F3N2. The number of hydrogen-bond donors (Lipinski definition) is 1. The van der Waals surface area contributed by atoms with Crippen molar-refractivity contribution >= 4 is 5.69 Å². The summed E-state index contributed by atoms with van der Waals surface area (Å²) in [6.45, 7) is -0.127. The van der Waals surface area contributed by atoms with Crippen molar-refractivity contribution in [2.45, 2.75) is 19.1 Å². The van der Waals surface area contributed by atoms with Crippen molar-refractivity contribution in [3.8, 4) is 0 Å². The Morgan fingerprint density at radius 2 is 2.06 bits per heavy atom. The van der Waals surface area contributed by atoms with E-state index in [1.165, 1.54) is 4.90 Å². The zero-order valence-corrected chi connectivity index (χ0v) is 8.72. The molecule has 0 radical (unpaired) electrons. The van der Waals surface area contributed by atoms with Crippen LogP contribution in [-0.4, -0.2) is 24.2 Å². The van der Waals surface area contributed by atoms with Crippen LogP contribution < -0.4 is 5.73 Å². The monoisotopic (exact) mass is 230 g/mol. The molecule has 0 spiro atoms. The average Bonchev–Trinajstić information content (AvgIpc) is 2.17. The molecule has 0 bridgehead atoms. The van der Waals surface area contributed by atoms with Gasteiger partial charge in [0.1, 0.15) is 0 Å². The number of anilines is 1. The maximum Gasteiger partial charge on any atom is 0.401 e. The summed E-state index contributed by atoms with van der Waals surface area (Å²) in [5.74, 6) is 0. The predicted molar refractivity (Wildman–Crippen MR) is 55.9 cm³/mol. The van der Waals surface area contributed by atoms with E-state index >= 15 is 0 Å². The summed E-state index contributed by atoms with van der Waals surface area (Å²) in [6.07, 6.45) is -3.50. The lowest BCUT2D eigenvalue weighted by molar-refractivity contribution is -0.147. The Bertz CT molecular complexity index is 387. The van der Waals surface area contributed by atoms with Crippen LogP contribution in [0.4, 0.5) is 18.9 Å². The largest absolute Gasteiger partial charge is 0.401 e. The van der Waals surface area contributed by atoms with E-state index in [9.17, 15) is 13.2 Å². The number of nitrogens with zero attached hydrogens (tertiary/aromatic N) is 1. The van der Waals surface area contributed by atoms with Gasteiger partial charge in [0.15, 0.2) is 0 Å². The molecule has 0 aromatic heterocycles. The van der Waals surface area contributed by atoms with Gasteiger partial charge in [0, 0.05) is 18.8 Å². The van der Waals surface area contributed by atoms with Crippen LogP contribution in [0.2, 0.25) is 0 Å². The summed E-state index contributed by atoms with van der Waals surface area (Å²) in [6, 6.07) is 5.50. The van der Waals surface area contributed by atoms with Gasteiger partial charge in [-0.3, -0.25) is 4.90 Å². The average molecular weight is 230 g/mol. The summed E-state index contributed by atoms with van der Waals surface area (Å²) in [4.78, 5) is 1.39. The minimum Gasteiger partial charge on any atom is -0.398 e. The number of halogens is 3. The van der Waals surface area contributed by atoms with Crippen LogP contribution in [0.3, 0.4) is 0 Å². The molecule has 2 rings (SSSR count). The Morgan fingerprint density at radius 1 is 1.31 bits per heavy atom. The first-order valence-corrected chi connectivity index (χ1v) is 5.11. The fourth-order valence-corrected chi connectivity index (χ4v) is 2.05. The van der Waals surface area contributed by atoms with Crippen LogP contribution in [0, 0.1) is 0 Å². The molecule has 2 nitrogen and oxygen atoms in total. The Labute approximate surface area is 91.8 Å². The van der Waals surface area contributed by atoms with Crippen LogP contribution >= 0.6 is 0 Å². The second-order valence-electron chi connectivity index (χ2n) is 4.06. The lowest BCUT2D eigenvalue weighted by Crippen LogP contribution is -2.38. The molecular weight excluding hydrogens is 217 g/mol. The highest BCUT2D eigenvalue weighted by atomic mass is 19.4. The van der Waals surface area contributed by atoms with Gasteiger partial charge in [-0.25, -0.2) is 0 Å². The maximum atomic E-state index is 12.2. The molecule has 1 aromatic carbocycles. The molecule has 5 heteroatoms. The number of fused-ring (bicyclic) bond motifs is 1.